The third-order valence-electron chi connectivity index (χ3n) is 1.84. The van der Waals surface area contributed by atoms with E-state index in [1.165, 1.54) is 0 Å². The number of nitrogens with one attached hydrogen (secondary N) is 1. The van der Waals surface area contributed by atoms with Crippen molar-refractivity contribution >= 4 is 27.5 Å². The van der Waals surface area contributed by atoms with Crippen molar-refractivity contribution in [3.05, 3.63) is 35.9 Å². The number of hydrogen-bond donors (Lipinski definition) is 2. The van der Waals surface area contributed by atoms with Gasteiger partial charge < -0.3 is 10.1 Å². The maximum Gasteiger partial charge on any atom is 0.266 e. The van der Waals surface area contributed by atoms with E-state index >= 15 is 0 Å². The molecule has 0 bridgehead atoms. The standard InChI is InChI=1S/C10H13NO4S2/c12-17(13,14)7-6-11-10(16)15-8-9-4-2-1-3-5-9/h1-5H,6-8H2,(H,11,16)(H,12,13,14). The summed E-state index contributed by atoms with van der Waals surface area (Å²) in [6, 6.07) is 9.44. The molecule has 0 atom stereocenters. The van der Waals surface area contributed by atoms with Crippen molar-refractivity contribution in [2.45, 2.75) is 6.61 Å². The molecule has 1 aromatic carbocycles. The molecular weight excluding hydrogens is 262 g/mol. The molecule has 0 amide bonds. The van der Waals surface area contributed by atoms with Gasteiger partial charge in [-0.2, -0.15) is 8.42 Å². The van der Waals surface area contributed by atoms with E-state index in [0.717, 1.165) is 5.56 Å². The highest BCUT2D eigenvalue weighted by Crippen LogP contribution is 2.00. The Morgan fingerprint density at radius 2 is 2.00 bits per heavy atom. The van der Waals surface area contributed by atoms with Crippen molar-refractivity contribution in [3.8, 4) is 0 Å². The topological polar surface area (TPSA) is 75.6 Å². The highest BCUT2D eigenvalue weighted by atomic mass is 32.2. The fraction of sp³-hybridized carbons (Fsp3) is 0.300. The molecule has 2 N–H and O–H groups in total. The zero-order valence-electron chi connectivity index (χ0n) is 9.00. The van der Waals surface area contributed by atoms with Crippen molar-refractivity contribution in [3.63, 3.8) is 0 Å². The highest BCUT2D eigenvalue weighted by molar-refractivity contribution is 7.85. The van der Waals surface area contributed by atoms with E-state index in [2.05, 4.69) is 5.32 Å². The molecule has 0 aliphatic carbocycles. The number of thiocarbonyl (C=S) groups is 1. The van der Waals surface area contributed by atoms with E-state index in [0.29, 0.717) is 6.61 Å². The van der Waals surface area contributed by atoms with Gasteiger partial charge in [0, 0.05) is 6.54 Å². The van der Waals surface area contributed by atoms with Gasteiger partial charge >= 0.3 is 0 Å². The average molecular weight is 275 g/mol. The second-order valence-electron chi connectivity index (χ2n) is 3.27. The number of ether oxygens (including phenoxy) is 1. The monoisotopic (exact) mass is 275 g/mol. The first-order valence-electron chi connectivity index (χ1n) is 4.87. The van der Waals surface area contributed by atoms with Crippen molar-refractivity contribution in [2.75, 3.05) is 12.3 Å². The van der Waals surface area contributed by atoms with Crippen LogP contribution in [0.3, 0.4) is 0 Å². The second-order valence-corrected chi connectivity index (χ2v) is 5.22. The Bertz CT molecular complexity index is 458. The molecule has 0 fully saturated rings. The van der Waals surface area contributed by atoms with Gasteiger partial charge in [0.15, 0.2) is 0 Å². The SMILES string of the molecule is O=S(=O)(O)CCNC(=S)OCc1ccccc1. The van der Waals surface area contributed by atoms with E-state index in [4.69, 9.17) is 21.5 Å². The van der Waals surface area contributed by atoms with Gasteiger partial charge in [-0.15, -0.1) is 0 Å². The van der Waals surface area contributed by atoms with Crippen molar-refractivity contribution in [1.82, 2.24) is 5.32 Å². The number of benzene rings is 1. The van der Waals surface area contributed by atoms with E-state index in [-0.39, 0.29) is 11.7 Å². The Morgan fingerprint density at radius 3 is 2.59 bits per heavy atom. The van der Waals surface area contributed by atoms with Crippen molar-refractivity contribution in [2.24, 2.45) is 0 Å². The third-order valence-corrected chi connectivity index (χ3v) is 2.82. The summed E-state index contributed by atoms with van der Waals surface area (Å²) in [6.07, 6.45) is 0. The van der Waals surface area contributed by atoms with Crippen molar-refractivity contribution in [1.29, 1.82) is 0 Å². The largest absolute Gasteiger partial charge is 0.466 e. The first kappa shape index (κ1) is 13.9. The van der Waals surface area contributed by atoms with Gasteiger partial charge in [0.25, 0.3) is 15.3 Å². The third kappa shape index (κ3) is 6.88. The average Bonchev–Trinajstić information content (AvgIpc) is 2.26. The summed E-state index contributed by atoms with van der Waals surface area (Å²) >= 11 is 4.83. The van der Waals surface area contributed by atoms with E-state index < -0.39 is 15.9 Å². The van der Waals surface area contributed by atoms with Crippen LogP contribution < -0.4 is 5.32 Å². The first-order chi connectivity index (χ1) is 7.97. The van der Waals surface area contributed by atoms with Crippen LogP contribution in [0, 0.1) is 0 Å². The molecule has 0 spiro atoms. The molecule has 0 aliphatic rings. The van der Waals surface area contributed by atoms with Crippen LogP contribution in [0.2, 0.25) is 0 Å². The molecule has 7 heteroatoms. The summed E-state index contributed by atoms with van der Waals surface area (Å²) in [5.74, 6) is -0.401. The summed E-state index contributed by atoms with van der Waals surface area (Å²) in [4.78, 5) is 0. The lowest BCUT2D eigenvalue weighted by Crippen LogP contribution is -2.29. The molecule has 1 aromatic rings. The Hall–Kier alpha value is -1.18. The van der Waals surface area contributed by atoms with Gasteiger partial charge in [-0.05, 0) is 17.8 Å². The molecular formula is C10H13NO4S2. The second kappa shape index (κ2) is 6.53. The maximum absolute atomic E-state index is 10.4. The molecule has 0 saturated carbocycles. The highest BCUT2D eigenvalue weighted by Gasteiger charge is 2.04. The Labute approximate surface area is 106 Å². The zero-order valence-corrected chi connectivity index (χ0v) is 10.6. The minimum absolute atomic E-state index is 0.0203. The van der Waals surface area contributed by atoms with Crippen LogP contribution >= 0.6 is 12.2 Å². The predicted molar refractivity (Wildman–Crippen MR) is 68.2 cm³/mol. The van der Waals surface area contributed by atoms with Crippen molar-refractivity contribution < 1.29 is 17.7 Å². The molecule has 1 rings (SSSR count). The van der Waals surface area contributed by atoms with Gasteiger partial charge in [-0.3, -0.25) is 4.55 Å². The van der Waals surface area contributed by atoms with Crippen LogP contribution in [0.1, 0.15) is 5.56 Å². The molecule has 5 nitrogen and oxygen atoms in total. The molecule has 0 radical (unpaired) electrons. The number of rotatable bonds is 5. The predicted octanol–water partition coefficient (Wildman–Crippen LogP) is 0.965. The Morgan fingerprint density at radius 1 is 1.35 bits per heavy atom. The molecule has 0 aromatic heterocycles. The fourth-order valence-corrected chi connectivity index (χ4v) is 1.58. The first-order valence-corrected chi connectivity index (χ1v) is 6.89. The van der Waals surface area contributed by atoms with Crippen LogP contribution in [0.5, 0.6) is 0 Å². The maximum atomic E-state index is 10.4. The van der Waals surface area contributed by atoms with Gasteiger partial charge in [-0.1, -0.05) is 30.3 Å². The summed E-state index contributed by atoms with van der Waals surface area (Å²) < 4.78 is 34.5. The Balaban J connectivity index is 2.22. The molecule has 17 heavy (non-hydrogen) atoms. The minimum atomic E-state index is -3.96. The van der Waals surface area contributed by atoms with E-state index in [9.17, 15) is 8.42 Å². The lowest BCUT2D eigenvalue weighted by Gasteiger charge is -2.08. The van der Waals surface area contributed by atoms with E-state index in [1.54, 1.807) is 0 Å². The van der Waals surface area contributed by atoms with Crippen LogP contribution in [0.15, 0.2) is 30.3 Å². The van der Waals surface area contributed by atoms with Crippen LogP contribution in [-0.2, 0) is 21.5 Å². The molecule has 0 heterocycles. The van der Waals surface area contributed by atoms with Gasteiger partial charge in [0.2, 0.25) is 0 Å². The lowest BCUT2D eigenvalue weighted by molar-refractivity contribution is 0.287. The van der Waals surface area contributed by atoms with Crippen LogP contribution in [-0.4, -0.2) is 30.4 Å². The van der Waals surface area contributed by atoms with Gasteiger partial charge in [-0.25, -0.2) is 0 Å². The summed E-state index contributed by atoms with van der Waals surface area (Å²) in [5.41, 5.74) is 0.964. The van der Waals surface area contributed by atoms with Crippen LogP contribution in [0.4, 0.5) is 0 Å². The normalized spacial score (nSPS) is 10.9. The molecule has 0 aliphatic heterocycles. The summed E-state index contributed by atoms with van der Waals surface area (Å²) in [7, 11) is -3.96. The molecule has 94 valence electrons. The fourth-order valence-electron chi connectivity index (χ4n) is 1.06. The van der Waals surface area contributed by atoms with E-state index in [1.807, 2.05) is 30.3 Å². The minimum Gasteiger partial charge on any atom is -0.466 e. The quantitative estimate of drug-likeness (QED) is 0.616. The van der Waals surface area contributed by atoms with Crippen LogP contribution in [0.25, 0.3) is 0 Å². The van der Waals surface area contributed by atoms with Gasteiger partial charge in [0.05, 0.1) is 5.75 Å². The van der Waals surface area contributed by atoms with Gasteiger partial charge in [0.1, 0.15) is 6.61 Å². The molecule has 0 unspecified atom stereocenters. The molecule has 0 saturated heterocycles. The lowest BCUT2D eigenvalue weighted by atomic mass is 10.2. The zero-order chi connectivity index (χ0) is 12.7. The Kier molecular flexibility index (Phi) is 5.33. The smallest absolute Gasteiger partial charge is 0.266 e. The summed E-state index contributed by atoms with van der Waals surface area (Å²) in [6.45, 7) is 0.338. The summed E-state index contributed by atoms with van der Waals surface area (Å²) in [5, 5.41) is 2.69. The number of hydrogen-bond acceptors (Lipinski definition) is 4.